The van der Waals surface area contributed by atoms with Crippen molar-refractivity contribution in [2.45, 2.75) is 25.3 Å². The molecular formula is C18H21N3O. The Hall–Kier alpha value is -1.81. The standard InChI is InChI=1S/C18H21N3O/c22-18-14-2-1-3-15-17(14)13(10-19-15)6-9-21(18)16-11-20-7-4-12(16)5-8-20/h1-3,10,12,16,19H,4-9,11H2/t16-/m1/s1. The Morgan fingerprint density at radius 3 is 2.77 bits per heavy atom. The van der Waals surface area contributed by atoms with Gasteiger partial charge in [-0.15, -0.1) is 0 Å². The molecule has 3 saturated heterocycles. The van der Waals surface area contributed by atoms with Crippen LogP contribution in [0.5, 0.6) is 0 Å². The highest BCUT2D eigenvalue weighted by molar-refractivity contribution is 6.08. The monoisotopic (exact) mass is 295 g/mol. The van der Waals surface area contributed by atoms with Crippen LogP contribution in [0, 0.1) is 5.92 Å². The number of aromatic nitrogens is 1. The Morgan fingerprint density at radius 2 is 2.00 bits per heavy atom. The summed E-state index contributed by atoms with van der Waals surface area (Å²) in [4.78, 5) is 21.2. The van der Waals surface area contributed by atoms with Crippen LogP contribution in [-0.4, -0.2) is 52.9 Å². The van der Waals surface area contributed by atoms with Crippen LogP contribution in [0.2, 0.25) is 0 Å². The van der Waals surface area contributed by atoms with E-state index in [1.807, 2.05) is 12.1 Å². The molecule has 2 bridgehead atoms. The Balaban J connectivity index is 1.56. The molecule has 3 fully saturated rings. The Kier molecular flexibility index (Phi) is 2.65. The fourth-order valence-corrected chi connectivity index (χ4v) is 4.73. The molecule has 1 aromatic carbocycles. The van der Waals surface area contributed by atoms with E-state index in [1.165, 1.54) is 31.5 Å². The molecule has 4 aliphatic rings. The van der Waals surface area contributed by atoms with Gasteiger partial charge in [-0.1, -0.05) is 6.07 Å². The van der Waals surface area contributed by atoms with Gasteiger partial charge < -0.3 is 14.8 Å². The van der Waals surface area contributed by atoms with Gasteiger partial charge in [-0.2, -0.15) is 0 Å². The van der Waals surface area contributed by atoms with Crippen LogP contribution in [0.15, 0.2) is 24.4 Å². The van der Waals surface area contributed by atoms with Crippen molar-refractivity contribution in [2.75, 3.05) is 26.2 Å². The molecule has 4 nitrogen and oxygen atoms in total. The molecule has 22 heavy (non-hydrogen) atoms. The maximum absolute atomic E-state index is 13.2. The number of hydrogen-bond donors (Lipinski definition) is 1. The van der Waals surface area contributed by atoms with Crippen molar-refractivity contribution in [1.29, 1.82) is 0 Å². The molecule has 0 radical (unpaired) electrons. The molecule has 0 aliphatic carbocycles. The summed E-state index contributed by atoms with van der Waals surface area (Å²) in [5.74, 6) is 0.940. The van der Waals surface area contributed by atoms with E-state index in [0.717, 1.165) is 36.0 Å². The molecule has 0 unspecified atom stereocenters. The summed E-state index contributed by atoms with van der Waals surface area (Å²) in [7, 11) is 0. The second-order valence-corrected chi connectivity index (χ2v) is 7.00. The number of H-pyrrole nitrogens is 1. The van der Waals surface area contributed by atoms with Gasteiger partial charge in [-0.3, -0.25) is 4.79 Å². The SMILES string of the molecule is O=C1c2cccc3[nH]cc(c23)CCN1[C@@H]1CN2CCC1CC2. The number of amides is 1. The zero-order valence-corrected chi connectivity index (χ0v) is 12.7. The van der Waals surface area contributed by atoms with E-state index in [0.29, 0.717) is 12.0 Å². The number of nitrogens with zero attached hydrogens (tertiary/aromatic N) is 2. The average Bonchev–Trinajstić information content (AvgIpc) is 2.93. The molecule has 4 aliphatic heterocycles. The van der Waals surface area contributed by atoms with Crippen LogP contribution in [0.4, 0.5) is 0 Å². The number of benzene rings is 1. The second kappa shape index (κ2) is 4.59. The van der Waals surface area contributed by atoms with Crippen molar-refractivity contribution in [3.63, 3.8) is 0 Å². The first kappa shape index (κ1) is 12.7. The number of hydrogen-bond acceptors (Lipinski definition) is 2. The highest BCUT2D eigenvalue weighted by atomic mass is 16.2. The molecule has 2 aromatic rings. The lowest BCUT2D eigenvalue weighted by Crippen LogP contribution is -2.58. The molecule has 1 aromatic heterocycles. The zero-order chi connectivity index (χ0) is 14.7. The minimum Gasteiger partial charge on any atom is -0.361 e. The van der Waals surface area contributed by atoms with Gasteiger partial charge in [0.05, 0.1) is 0 Å². The molecule has 114 valence electrons. The number of rotatable bonds is 1. The predicted octanol–water partition coefficient (Wildman–Crippen LogP) is 2.26. The summed E-state index contributed by atoms with van der Waals surface area (Å²) in [6.45, 7) is 4.37. The van der Waals surface area contributed by atoms with Gasteiger partial charge in [0.15, 0.2) is 0 Å². The average molecular weight is 295 g/mol. The van der Waals surface area contributed by atoms with E-state index in [2.05, 4.69) is 27.0 Å². The molecular weight excluding hydrogens is 274 g/mol. The normalized spacial score (nSPS) is 30.8. The van der Waals surface area contributed by atoms with Gasteiger partial charge in [0, 0.05) is 41.8 Å². The maximum atomic E-state index is 13.2. The number of nitrogens with one attached hydrogen (secondary N) is 1. The van der Waals surface area contributed by atoms with Crippen LogP contribution >= 0.6 is 0 Å². The van der Waals surface area contributed by atoms with E-state index in [1.54, 1.807) is 0 Å². The van der Waals surface area contributed by atoms with Crippen molar-refractivity contribution in [1.82, 2.24) is 14.8 Å². The molecule has 5 heterocycles. The quantitative estimate of drug-likeness (QED) is 0.876. The number of fused-ring (bicyclic) bond motifs is 3. The summed E-state index contributed by atoms with van der Waals surface area (Å²) >= 11 is 0. The summed E-state index contributed by atoms with van der Waals surface area (Å²) < 4.78 is 0. The fourth-order valence-electron chi connectivity index (χ4n) is 4.73. The Morgan fingerprint density at radius 1 is 1.14 bits per heavy atom. The van der Waals surface area contributed by atoms with Gasteiger partial charge in [-0.05, 0) is 56.0 Å². The third kappa shape index (κ3) is 1.70. The molecule has 0 spiro atoms. The van der Waals surface area contributed by atoms with E-state index in [-0.39, 0.29) is 5.91 Å². The van der Waals surface area contributed by atoms with Crippen molar-refractivity contribution in [3.05, 3.63) is 35.5 Å². The molecule has 1 atom stereocenters. The van der Waals surface area contributed by atoms with Crippen LogP contribution in [-0.2, 0) is 6.42 Å². The topological polar surface area (TPSA) is 39.3 Å². The molecule has 1 amide bonds. The van der Waals surface area contributed by atoms with Crippen molar-refractivity contribution >= 4 is 16.8 Å². The van der Waals surface area contributed by atoms with Crippen LogP contribution < -0.4 is 0 Å². The lowest BCUT2D eigenvalue weighted by Gasteiger charge is -2.49. The van der Waals surface area contributed by atoms with Crippen LogP contribution in [0.1, 0.15) is 28.8 Å². The molecule has 0 saturated carbocycles. The first-order valence-electron chi connectivity index (χ1n) is 8.43. The number of carbonyl (C=O) groups excluding carboxylic acids is 1. The van der Waals surface area contributed by atoms with E-state index >= 15 is 0 Å². The van der Waals surface area contributed by atoms with E-state index in [4.69, 9.17) is 0 Å². The largest absolute Gasteiger partial charge is 0.361 e. The van der Waals surface area contributed by atoms with Gasteiger partial charge in [0.1, 0.15) is 0 Å². The number of carbonyl (C=O) groups is 1. The fraction of sp³-hybridized carbons (Fsp3) is 0.500. The number of piperidine rings is 3. The molecule has 4 heteroatoms. The van der Waals surface area contributed by atoms with Crippen molar-refractivity contribution in [3.8, 4) is 0 Å². The van der Waals surface area contributed by atoms with Crippen LogP contribution in [0.25, 0.3) is 10.9 Å². The van der Waals surface area contributed by atoms with E-state index < -0.39 is 0 Å². The van der Waals surface area contributed by atoms with Crippen molar-refractivity contribution < 1.29 is 4.79 Å². The van der Waals surface area contributed by atoms with E-state index in [9.17, 15) is 4.79 Å². The smallest absolute Gasteiger partial charge is 0.254 e. The lowest BCUT2D eigenvalue weighted by molar-refractivity contribution is 0.00827. The Bertz CT molecular complexity index is 742. The predicted molar refractivity (Wildman–Crippen MR) is 86.0 cm³/mol. The minimum absolute atomic E-state index is 0.239. The second-order valence-electron chi connectivity index (χ2n) is 7.00. The van der Waals surface area contributed by atoms with Gasteiger partial charge >= 0.3 is 0 Å². The van der Waals surface area contributed by atoms with Gasteiger partial charge in [-0.25, -0.2) is 0 Å². The first-order chi connectivity index (χ1) is 10.8. The Labute approximate surface area is 130 Å². The molecule has 1 N–H and O–H groups in total. The molecule has 6 rings (SSSR count). The van der Waals surface area contributed by atoms with Gasteiger partial charge in [0.25, 0.3) is 5.91 Å². The summed E-state index contributed by atoms with van der Waals surface area (Å²) in [5.41, 5.74) is 3.28. The highest BCUT2D eigenvalue weighted by Gasteiger charge is 2.40. The number of aromatic amines is 1. The summed E-state index contributed by atoms with van der Waals surface area (Å²) in [6.07, 6.45) is 5.56. The third-order valence-electron chi connectivity index (χ3n) is 5.92. The van der Waals surface area contributed by atoms with Crippen LogP contribution in [0.3, 0.4) is 0 Å². The zero-order valence-electron chi connectivity index (χ0n) is 12.7. The summed E-state index contributed by atoms with van der Waals surface area (Å²) in [5, 5.41) is 1.15. The first-order valence-corrected chi connectivity index (χ1v) is 8.43. The maximum Gasteiger partial charge on any atom is 0.254 e. The minimum atomic E-state index is 0.239. The lowest BCUT2D eigenvalue weighted by atomic mass is 9.83. The van der Waals surface area contributed by atoms with Gasteiger partial charge in [0.2, 0.25) is 0 Å². The third-order valence-corrected chi connectivity index (χ3v) is 5.92. The summed E-state index contributed by atoms with van der Waals surface area (Å²) in [6, 6.07) is 6.48. The van der Waals surface area contributed by atoms with Crippen molar-refractivity contribution in [2.24, 2.45) is 5.92 Å². The highest BCUT2D eigenvalue weighted by Crippen LogP contribution is 2.34.